The van der Waals surface area contributed by atoms with Crippen molar-refractivity contribution in [2.24, 2.45) is 13.0 Å². The summed E-state index contributed by atoms with van der Waals surface area (Å²) >= 11 is 0. The lowest BCUT2D eigenvalue weighted by Gasteiger charge is -2.18. The van der Waals surface area contributed by atoms with Gasteiger partial charge in [0.25, 0.3) is 0 Å². The maximum absolute atomic E-state index is 11.0. The van der Waals surface area contributed by atoms with E-state index in [1.165, 1.54) is 10.9 Å². The molecule has 1 unspecified atom stereocenters. The third-order valence-corrected chi connectivity index (χ3v) is 2.32. The van der Waals surface area contributed by atoms with Crippen molar-refractivity contribution in [2.45, 2.75) is 19.9 Å². The number of aryl methyl sites for hydroxylation is 1. The first kappa shape index (κ1) is 12.9. The van der Waals surface area contributed by atoms with Crippen LogP contribution in [0.15, 0.2) is 6.33 Å². The third-order valence-electron chi connectivity index (χ3n) is 2.32. The van der Waals surface area contributed by atoms with Crippen LogP contribution in [0.4, 0.5) is 11.6 Å². The molecule has 0 aromatic carbocycles. The van der Waals surface area contributed by atoms with E-state index in [1.54, 1.807) is 20.9 Å². The van der Waals surface area contributed by atoms with Gasteiger partial charge < -0.3 is 20.5 Å². The maximum atomic E-state index is 11.0. The Balaban J connectivity index is 3.04. The lowest BCUT2D eigenvalue weighted by Crippen LogP contribution is -2.35. The average Bonchev–Trinajstić information content (AvgIpc) is 2.55. The van der Waals surface area contributed by atoms with Crippen LogP contribution in [0.25, 0.3) is 0 Å². The zero-order valence-corrected chi connectivity index (χ0v) is 9.75. The van der Waals surface area contributed by atoms with Crippen LogP contribution < -0.4 is 5.32 Å². The Hall–Kier alpha value is -2.12. The second-order valence-electron chi connectivity index (χ2n) is 3.99. The molecular weight excluding hydrogens is 228 g/mol. The van der Waals surface area contributed by atoms with Crippen molar-refractivity contribution in [1.29, 1.82) is 0 Å². The minimum absolute atomic E-state index is 0.0936. The first-order valence-corrected chi connectivity index (χ1v) is 4.99. The van der Waals surface area contributed by atoms with Gasteiger partial charge in [0.1, 0.15) is 6.04 Å². The molecule has 1 aromatic rings. The van der Waals surface area contributed by atoms with Crippen LogP contribution in [0.5, 0.6) is 0 Å². The molecule has 94 valence electrons. The molecule has 1 atom stereocenters. The molecule has 0 saturated carbocycles. The molecule has 0 saturated heterocycles. The topological polar surface area (TPSA) is 110 Å². The van der Waals surface area contributed by atoms with Crippen LogP contribution in [0.3, 0.4) is 0 Å². The van der Waals surface area contributed by atoms with Gasteiger partial charge in [-0.15, -0.1) is 0 Å². The summed E-state index contributed by atoms with van der Waals surface area (Å²) in [7, 11) is 1.56. The summed E-state index contributed by atoms with van der Waals surface area (Å²) in [6, 6.07) is -0.899. The Morgan fingerprint density at radius 1 is 1.65 bits per heavy atom. The van der Waals surface area contributed by atoms with Crippen molar-refractivity contribution in [3.8, 4) is 0 Å². The van der Waals surface area contributed by atoms with E-state index in [0.717, 1.165) is 0 Å². The fraction of sp³-hybridized carbons (Fsp3) is 0.556. The number of hydrogen-bond acceptors (Lipinski definition) is 5. The van der Waals surface area contributed by atoms with E-state index in [4.69, 9.17) is 5.11 Å². The average molecular weight is 242 g/mol. The highest BCUT2D eigenvalue weighted by atomic mass is 16.6. The number of nitro groups is 1. The van der Waals surface area contributed by atoms with Crippen LogP contribution in [0.1, 0.15) is 13.8 Å². The summed E-state index contributed by atoms with van der Waals surface area (Å²) in [5.74, 6) is -1.55. The Bertz CT molecular complexity index is 440. The van der Waals surface area contributed by atoms with E-state index in [0.29, 0.717) is 0 Å². The Morgan fingerprint density at radius 2 is 2.24 bits per heavy atom. The van der Waals surface area contributed by atoms with Crippen molar-refractivity contribution in [3.05, 3.63) is 16.4 Å². The van der Waals surface area contributed by atoms with Gasteiger partial charge in [-0.1, -0.05) is 13.8 Å². The molecule has 0 aliphatic heterocycles. The summed E-state index contributed by atoms with van der Waals surface area (Å²) < 4.78 is 1.39. The number of anilines is 1. The summed E-state index contributed by atoms with van der Waals surface area (Å²) in [5.41, 5.74) is 0. The second-order valence-corrected chi connectivity index (χ2v) is 3.99. The summed E-state index contributed by atoms with van der Waals surface area (Å²) in [6.07, 6.45) is 1.26. The van der Waals surface area contributed by atoms with Gasteiger partial charge in [0.2, 0.25) is 12.1 Å². The van der Waals surface area contributed by atoms with E-state index < -0.39 is 16.9 Å². The number of rotatable bonds is 5. The monoisotopic (exact) mass is 242 g/mol. The van der Waals surface area contributed by atoms with Gasteiger partial charge in [0, 0.05) is 7.05 Å². The molecule has 1 aromatic heterocycles. The van der Waals surface area contributed by atoms with Gasteiger partial charge in [-0.2, -0.15) is 0 Å². The fourth-order valence-electron chi connectivity index (χ4n) is 1.38. The van der Waals surface area contributed by atoms with Crippen LogP contribution in [-0.4, -0.2) is 31.6 Å². The number of hydrogen-bond donors (Lipinski definition) is 2. The fourth-order valence-corrected chi connectivity index (χ4v) is 1.38. The number of imidazole rings is 1. The first-order valence-electron chi connectivity index (χ1n) is 4.99. The molecule has 1 rings (SSSR count). The van der Waals surface area contributed by atoms with E-state index in [1.807, 2.05) is 0 Å². The largest absolute Gasteiger partial charge is 0.480 e. The summed E-state index contributed by atoms with van der Waals surface area (Å²) in [6.45, 7) is 3.43. The van der Waals surface area contributed by atoms with Crippen molar-refractivity contribution in [3.63, 3.8) is 0 Å². The zero-order chi connectivity index (χ0) is 13.2. The molecule has 2 N–H and O–H groups in total. The van der Waals surface area contributed by atoms with Crippen molar-refractivity contribution in [1.82, 2.24) is 9.55 Å². The number of aromatic nitrogens is 2. The normalized spacial score (nSPS) is 12.5. The molecule has 0 amide bonds. The quantitative estimate of drug-likeness (QED) is 0.585. The molecule has 8 nitrogen and oxygen atoms in total. The van der Waals surface area contributed by atoms with Crippen LogP contribution in [0, 0.1) is 16.0 Å². The molecule has 0 aliphatic carbocycles. The third kappa shape index (κ3) is 2.71. The minimum Gasteiger partial charge on any atom is -0.480 e. The highest BCUT2D eigenvalue weighted by Gasteiger charge is 2.27. The predicted octanol–water partition coefficient (Wildman–Crippen LogP) is 0.849. The molecule has 17 heavy (non-hydrogen) atoms. The smallest absolute Gasteiger partial charge is 0.406 e. The van der Waals surface area contributed by atoms with E-state index in [2.05, 4.69) is 10.3 Å². The van der Waals surface area contributed by atoms with E-state index >= 15 is 0 Å². The van der Waals surface area contributed by atoms with Gasteiger partial charge in [-0.25, -0.2) is 4.79 Å². The molecule has 0 fully saturated rings. The molecule has 8 heteroatoms. The lowest BCUT2D eigenvalue weighted by molar-refractivity contribution is -0.388. The van der Waals surface area contributed by atoms with Crippen molar-refractivity contribution in [2.75, 3.05) is 5.32 Å². The van der Waals surface area contributed by atoms with Crippen LogP contribution in [0.2, 0.25) is 0 Å². The molecule has 1 heterocycles. The molecule has 0 bridgehead atoms. The first-order chi connectivity index (χ1) is 7.84. The van der Waals surface area contributed by atoms with Crippen LogP contribution >= 0.6 is 0 Å². The lowest BCUT2D eigenvalue weighted by atomic mass is 10.1. The number of nitrogens with one attached hydrogen (secondary N) is 1. The number of aliphatic carboxylic acids is 1. The van der Waals surface area contributed by atoms with Gasteiger partial charge in [0.15, 0.2) is 0 Å². The number of carbonyl (C=O) groups is 1. The van der Waals surface area contributed by atoms with Gasteiger partial charge in [-0.05, 0) is 15.8 Å². The van der Waals surface area contributed by atoms with Gasteiger partial charge in [-0.3, -0.25) is 4.57 Å². The van der Waals surface area contributed by atoms with Crippen molar-refractivity contribution < 1.29 is 14.8 Å². The minimum atomic E-state index is -1.06. The predicted molar refractivity (Wildman–Crippen MR) is 59.7 cm³/mol. The zero-order valence-electron chi connectivity index (χ0n) is 9.75. The Kier molecular flexibility index (Phi) is 3.66. The Labute approximate surface area is 97.4 Å². The van der Waals surface area contributed by atoms with Crippen molar-refractivity contribution >= 4 is 17.6 Å². The number of carboxylic acids is 1. The standard InChI is InChI=1S/C9H14N4O4/c1-5(2)6(9(14)15)11-8-7(13(16)17)10-4-12(8)3/h4-6,11H,1-3H3,(H,14,15). The van der Waals surface area contributed by atoms with E-state index in [-0.39, 0.29) is 17.6 Å². The molecule has 0 radical (unpaired) electrons. The van der Waals surface area contributed by atoms with Gasteiger partial charge >= 0.3 is 11.8 Å². The Morgan fingerprint density at radius 3 is 2.65 bits per heavy atom. The number of nitrogens with zero attached hydrogens (tertiary/aromatic N) is 3. The SMILES string of the molecule is CC(C)C(Nc1c([N+](=O)[O-])ncn1C)C(=O)O. The maximum Gasteiger partial charge on any atom is 0.406 e. The highest BCUT2D eigenvalue weighted by molar-refractivity contribution is 5.78. The van der Waals surface area contributed by atoms with Gasteiger partial charge in [0.05, 0.1) is 0 Å². The van der Waals surface area contributed by atoms with E-state index in [9.17, 15) is 14.9 Å². The second kappa shape index (κ2) is 4.81. The molecule has 0 aliphatic rings. The summed E-state index contributed by atoms with van der Waals surface area (Å²) in [5, 5.41) is 22.3. The molecule has 0 spiro atoms. The number of carboxylic acid groups (broad SMARTS) is 1. The molecular formula is C9H14N4O4. The summed E-state index contributed by atoms with van der Waals surface area (Å²) in [4.78, 5) is 24.6. The highest BCUT2D eigenvalue weighted by Crippen LogP contribution is 2.23. The van der Waals surface area contributed by atoms with Crippen LogP contribution in [-0.2, 0) is 11.8 Å².